The second-order valence-electron chi connectivity index (χ2n) is 10.8. The van der Waals surface area contributed by atoms with Gasteiger partial charge in [-0.25, -0.2) is 4.98 Å². The molecule has 5 atom stereocenters. The van der Waals surface area contributed by atoms with E-state index in [1.165, 1.54) is 0 Å². The van der Waals surface area contributed by atoms with E-state index in [-0.39, 0.29) is 24.7 Å². The molecule has 0 bridgehead atoms. The zero-order chi connectivity index (χ0) is 26.6. The number of ketones is 1. The molecule has 0 radical (unpaired) electrons. The number of nitrogens with two attached hydrogens (primary N) is 1. The van der Waals surface area contributed by atoms with Gasteiger partial charge in [-0.05, 0) is 49.8 Å². The van der Waals surface area contributed by atoms with Gasteiger partial charge in [-0.15, -0.1) is 0 Å². The van der Waals surface area contributed by atoms with Gasteiger partial charge in [0.05, 0.1) is 30.6 Å². The highest BCUT2D eigenvalue weighted by molar-refractivity contribution is 5.88. The molecule has 0 aliphatic carbocycles. The van der Waals surface area contributed by atoms with Crippen LogP contribution in [0, 0.1) is 17.3 Å². The number of carbonyl (C=O) groups excluding carboxylic acids is 2. The van der Waals surface area contributed by atoms with E-state index < -0.39 is 35.6 Å². The molecule has 36 heavy (non-hydrogen) atoms. The normalized spacial score (nSPS) is 30.6. The summed E-state index contributed by atoms with van der Waals surface area (Å²) in [4.78, 5) is 30.5. The molecule has 0 spiro atoms. The lowest BCUT2D eigenvalue weighted by atomic mass is 9.73. The summed E-state index contributed by atoms with van der Waals surface area (Å²) in [6, 6.07) is 5.44. The monoisotopic (exact) mass is 500 g/mol. The Morgan fingerprint density at radius 1 is 1.19 bits per heavy atom. The van der Waals surface area contributed by atoms with Crippen molar-refractivity contribution in [3.05, 3.63) is 41.3 Å². The number of aliphatic hydroxyl groups excluding tert-OH is 2. The summed E-state index contributed by atoms with van der Waals surface area (Å²) in [5, 5.41) is 21.7. The second kappa shape index (κ2) is 11.7. The Bertz CT molecular complexity index is 1100. The SMILES string of the molecule is C/C1=C/CC(c2ccc3oc(CN)nc3c2)OC(=O)CC(O)C(C)(C)C(=O)C(C)C(O)C(C)CCC1. The predicted molar refractivity (Wildman–Crippen MR) is 137 cm³/mol. The van der Waals surface area contributed by atoms with Crippen LogP contribution in [-0.4, -0.2) is 39.2 Å². The molecule has 3 rings (SSSR count). The van der Waals surface area contributed by atoms with Crippen LogP contribution in [0.1, 0.15) is 84.3 Å². The van der Waals surface area contributed by atoms with Crippen LogP contribution in [-0.2, 0) is 20.9 Å². The number of cyclic esters (lactones) is 1. The average molecular weight is 501 g/mol. The van der Waals surface area contributed by atoms with E-state index >= 15 is 0 Å². The van der Waals surface area contributed by atoms with Gasteiger partial charge in [-0.1, -0.05) is 45.4 Å². The molecule has 1 aliphatic heterocycles. The number of fused-ring (bicyclic) bond motifs is 1. The summed E-state index contributed by atoms with van der Waals surface area (Å²) in [6.07, 6.45) is 2.01. The van der Waals surface area contributed by atoms with Gasteiger partial charge in [0.1, 0.15) is 17.4 Å². The third-order valence-electron chi connectivity index (χ3n) is 7.52. The molecule has 5 unspecified atom stereocenters. The van der Waals surface area contributed by atoms with Crippen molar-refractivity contribution >= 4 is 22.9 Å². The summed E-state index contributed by atoms with van der Waals surface area (Å²) < 4.78 is 11.4. The minimum Gasteiger partial charge on any atom is -0.457 e. The number of Topliss-reactive ketones (excluding diaryl/α,β-unsaturated/α-hetero) is 1. The maximum absolute atomic E-state index is 13.2. The number of hydrogen-bond donors (Lipinski definition) is 3. The third kappa shape index (κ3) is 6.41. The fourth-order valence-electron chi connectivity index (χ4n) is 4.83. The summed E-state index contributed by atoms with van der Waals surface area (Å²) in [7, 11) is 0. The fraction of sp³-hybridized carbons (Fsp3) is 0.607. The molecule has 1 aromatic heterocycles. The van der Waals surface area contributed by atoms with Crippen LogP contribution in [0.3, 0.4) is 0 Å². The van der Waals surface area contributed by atoms with Crippen molar-refractivity contribution in [1.82, 2.24) is 4.98 Å². The molecule has 8 heteroatoms. The molecule has 0 saturated carbocycles. The van der Waals surface area contributed by atoms with Crippen molar-refractivity contribution in [2.45, 2.75) is 91.6 Å². The Hall–Kier alpha value is -2.55. The first-order valence-corrected chi connectivity index (χ1v) is 12.8. The summed E-state index contributed by atoms with van der Waals surface area (Å²) >= 11 is 0. The number of carbonyl (C=O) groups is 2. The number of allylic oxidation sites excluding steroid dienone is 1. The molecule has 1 aromatic carbocycles. The van der Waals surface area contributed by atoms with Crippen LogP contribution in [0.25, 0.3) is 11.1 Å². The van der Waals surface area contributed by atoms with Crippen LogP contribution in [0.4, 0.5) is 0 Å². The maximum Gasteiger partial charge on any atom is 0.309 e. The summed E-state index contributed by atoms with van der Waals surface area (Å²) in [5.41, 5.74) is 7.57. The minimum atomic E-state index is -1.25. The maximum atomic E-state index is 13.2. The topological polar surface area (TPSA) is 136 Å². The number of ether oxygens (including phenoxy) is 1. The van der Waals surface area contributed by atoms with Gasteiger partial charge in [0.25, 0.3) is 0 Å². The molecule has 0 fully saturated rings. The Morgan fingerprint density at radius 3 is 2.61 bits per heavy atom. The lowest BCUT2D eigenvalue weighted by Gasteiger charge is -2.34. The number of esters is 1. The number of benzene rings is 1. The van der Waals surface area contributed by atoms with Crippen LogP contribution >= 0.6 is 0 Å². The number of hydrogen-bond acceptors (Lipinski definition) is 8. The van der Waals surface area contributed by atoms with E-state index in [0.29, 0.717) is 23.4 Å². The summed E-state index contributed by atoms with van der Waals surface area (Å²) in [6.45, 7) is 9.09. The molecule has 0 saturated heterocycles. The Kier molecular flexibility index (Phi) is 9.08. The van der Waals surface area contributed by atoms with Gasteiger partial charge >= 0.3 is 5.97 Å². The predicted octanol–water partition coefficient (Wildman–Crippen LogP) is 4.37. The number of oxazole rings is 1. The van der Waals surface area contributed by atoms with E-state index in [0.717, 1.165) is 30.4 Å². The van der Waals surface area contributed by atoms with Crippen molar-refractivity contribution in [3.63, 3.8) is 0 Å². The first-order chi connectivity index (χ1) is 16.9. The van der Waals surface area contributed by atoms with E-state index in [4.69, 9.17) is 14.9 Å². The highest BCUT2D eigenvalue weighted by Gasteiger charge is 2.42. The third-order valence-corrected chi connectivity index (χ3v) is 7.52. The van der Waals surface area contributed by atoms with Gasteiger partial charge in [0.15, 0.2) is 5.58 Å². The average Bonchev–Trinajstić information content (AvgIpc) is 3.26. The van der Waals surface area contributed by atoms with Gasteiger partial charge in [0, 0.05) is 12.3 Å². The van der Waals surface area contributed by atoms with Crippen molar-refractivity contribution in [1.29, 1.82) is 0 Å². The molecule has 4 N–H and O–H groups in total. The van der Waals surface area contributed by atoms with Gasteiger partial charge in [-0.3, -0.25) is 9.59 Å². The molecular formula is C28H40N2O6. The van der Waals surface area contributed by atoms with Crippen LogP contribution in [0.15, 0.2) is 34.3 Å². The largest absolute Gasteiger partial charge is 0.457 e. The summed E-state index contributed by atoms with van der Waals surface area (Å²) in [5.74, 6) is -1.17. The molecule has 2 aromatic rings. The highest BCUT2D eigenvalue weighted by atomic mass is 16.5. The number of nitrogens with zero attached hydrogens (tertiary/aromatic N) is 1. The molecule has 1 aliphatic rings. The first kappa shape index (κ1) is 28.0. The van der Waals surface area contributed by atoms with Gasteiger partial charge < -0.3 is 25.1 Å². The van der Waals surface area contributed by atoms with E-state index in [1.807, 2.05) is 26.0 Å². The zero-order valence-corrected chi connectivity index (χ0v) is 22.0. The van der Waals surface area contributed by atoms with Crippen LogP contribution in [0.2, 0.25) is 0 Å². The number of rotatable bonds is 2. The van der Waals surface area contributed by atoms with Gasteiger partial charge in [-0.2, -0.15) is 0 Å². The standard InChI is InChI=1S/C28H40N2O6/c1-16-7-6-8-17(2)26(33)18(3)27(34)28(4,5)23(31)14-25(32)36-21(11-9-16)19-10-12-22-20(13-19)30-24(15-29)35-22/h9-10,12-13,17-18,21,23,26,31,33H,6-8,11,14-15,29H2,1-5H3/b16-9-. The second-order valence-corrected chi connectivity index (χ2v) is 10.8. The molecule has 0 amide bonds. The molecule has 8 nitrogen and oxygen atoms in total. The lowest BCUT2D eigenvalue weighted by Crippen LogP contribution is -2.45. The number of aromatic nitrogens is 1. The lowest BCUT2D eigenvalue weighted by molar-refractivity contribution is -0.155. The van der Waals surface area contributed by atoms with Crippen molar-refractivity contribution in [3.8, 4) is 0 Å². The van der Waals surface area contributed by atoms with Crippen LogP contribution in [0.5, 0.6) is 0 Å². The van der Waals surface area contributed by atoms with Crippen molar-refractivity contribution in [2.24, 2.45) is 23.0 Å². The Labute approximate surface area is 212 Å². The van der Waals surface area contributed by atoms with Crippen molar-refractivity contribution < 1.29 is 29.0 Å². The Morgan fingerprint density at radius 2 is 1.92 bits per heavy atom. The van der Waals surface area contributed by atoms with E-state index in [1.54, 1.807) is 26.8 Å². The smallest absolute Gasteiger partial charge is 0.309 e. The first-order valence-electron chi connectivity index (χ1n) is 12.8. The quantitative estimate of drug-likeness (QED) is 0.408. The van der Waals surface area contributed by atoms with E-state index in [2.05, 4.69) is 11.1 Å². The van der Waals surface area contributed by atoms with Crippen LogP contribution < -0.4 is 5.73 Å². The zero-order valence-electron chi connectivity index (χ0n) is 22.0. The molecular weight excluding hydrogens is 460 g/mol. The minimum absolute atomic E-state index is 0.0667. The molecule has 2 heterocycles. The van der Waals surface area contributed by atoms with Crippen molar-refractivity contribution in [2.75, 3.05) is 0 Å². The fourth-order valence-corrected chi connectivity index (χ4v) is 4.83. The highest BCUT2D eigenvalue weighted by Crippen LogP contribution is 2.33. The molecule has 198 valence electrons. The van der Waals surface area contributed by atoms with Gasteiger partial charge in [0.2, 0.25) is 5.89 Å². The number of aliphatic hydroxyl groups is 2. The Balaban J connectivity index is 1.91. The van der Waals surface area contributed by atoms with E-state index in [9.17, 15) is 19.8 Å².